The minimum absolute atomic E-state index is 1.32. The van der Waals surface area contributed by atoms with E-state index in [1.54, 1.807) is 0 Å². The summed E-state index contributed by atoms with van der Waals surface area (Å²) in [6, 6.07) is 0. The molecule has 0 bridgehead atoms. The number of unbranched alkanes of at least 4 members (excludes halogenated alkanes) is 78. The van der Waals surface area contributed by atoms with Crippen molar-refractivity contribution in [3.8, 4) is 0 Å². The quantitative estimate of drug-likeness (QED) is 0.0549. The molecule has 0 rings (SSSR count). The van der Waals surface area contributed by atoms with Gasteiger partial charge in [-0.3, -0.25) is 0 Å². The highest BCUT2D eigenvalue weighted by molar-refractivity contribution is 4.59. The maximum Gasteiger partial charge on any atom is -0.00218 e. The van der Waals surface area contributed by atoms with Gasteiger partial charge in [-0.1, -0.05) is 515 Å². The topological polar surface area (TPSA) is 3.24 Å². The van der Waals surface area contributed by atoms with Gasteiger partial charge in [0, 0.05) is 0 Å². The van der Waals surface area contributed by atoms with Gasteiger partial charge in [0.2, 0.25) is 0 Å². The molecule has 0 aromatic rings. The third-order valence-electron chi connectivity index (χ3n) is 20.8. The lowest BCUT2D eigenvalue weighted by Crippen LogP contribution is -2.20. The van der Waals surface area contributed by atoms with Crippen LogP contribution in [0.1, 0.15) is 528 Å². The molecule has 518 valence electrons. The van der Waals surface area contributed by atoms with E-state index in [2.05, 4.69) is 25.8 Å². The Morgan fingerprint density at radius 2 is 0.174 bits per heavy atom. The van der Waals surface area contributed by atoms with Crippen molar-refractivity contribution in [2.45, 2.75) is 528 Å². The van der Waals surface area contributed by atoms with Crippen LogP contribution in [0.3, 0.4) is 0 Å². The summed E-state index contributed by atoms with van der Waals surface area (Å²) in [6.45, 7) is 7.27. The average Bonchev–Trinajstić information content (AvgIpc) is 3.52. The summed E-state index contributed by atoms with van der Waals surface area (Å²) in [5.74, 6) is 0. The fourth-order valence-corrected chi connectivity index (χ4v) is 14.5. The Morgan fingerprint density at radius 1 is 0.105 bits per heavy atom. The van der Waals surface area contributed by atoms with Gasteiger partial charge in [-0.05, 0) is 33.0 Å². The molecule has 0 fully saturated rings. The van der Waals surface area contributed by atoms with E-state index in [-0.39, 0.29) is 0 Å². The summed E-state index contributed by atoms with van der Waals surface area (Å²) < 4.78 is 0. The Morgan fingerprint density at radius 3 is 0.256 bits per heavy atom. The van der Waals surface area contributed by atoms with Gasteiger partial charge in [0.05, 0.1) is 0 Å². The highest BCUT2D eigenvalue weighted by Crippen LogP contribution is 2.22. The zero-order chi connectivity index (χ0) is 61.6. The number of nitrogens with zero attached hydrogens (tertiary/aromatic N) is 1. The third kappa shape index (κ3) is 82.0. The van der Waals surface area contributed by atoms with Gasteiger partial charge in [0.25, 0.3) is 0 Å². The van der Waals surface area contributed by atoms with Crippen molar-refractivity contribution in [3.63, 3.8) is 0 Å². The second kappa shape index (κ2) is 83.0. The molecule has 0 spiro atoms. The summed E-state index contributed by atoms with van der Waals surface area (Å²) in [4.78, 5) is 2.62. The fourth-order valence-electron chi connectivity index (χ4n) is 14.5. The molecule has 0 N–H and O–H groups in total. The van der Waals surface area contributed by atoms with Gasteiger partial charge < -0.3 is 4.90 Å². The van der Waals surface area contributed by atoms with Crippen LogP contribution >= 0.6 is 0 Å². The molecule has 1 heteroatoms. The molecule has 0 aliphatic rings. The highest BCUT2D eigenvalue weighted by Gasteiger charge is 2.03. The number of hydrogen-bond donors (Lipinski definition) is 0. The van der Waals surface area contributed by atoms with Gasteiger partial charge in [-0.25, -0.2) is 0 Å². The molecule has 0 aromatic heterocycles. The van der Waals surface area contributed by atoms with E-state index >= 15 is 0 Å². The molecule has 1 nitrogen and oxygen atoms in total. The van der Waals surface area contributed by atoms with E-state index in [4.69, 9.17) is 0 Å². The first-order valence-corrected chi connectivity index (χ1v) is 42.5. The standard InChI is InChI=1S/C85H173N/c1-4-6-8-10-12-14-16-18-20-22-24-26-28-30-32-34-36-38-40-42-44-46-48-50-52-54-56-58-60-62-64-66-68-70-72-74-76-78-80-82-84-86(3)85-83-81-79-77-75-73-71-69-67-65-63-61-59-57-55-53-51-49-47-45-43-41-39-37-35-33-31-29-27-25-23-21-19-17-15-13-11-9-7-5-2/h4-85H2,1-3H3. The predicted octanol–water partition coefficient (Wildman–Crippen LogP) is 32.2. The van der Waals surface area contributed by atoms with Crippen LogP contribution in [-0.4, -0.2) is 25.0 Å². The van der Waals surface area contributed by atoms with Gasteiger partial charge in [0.15, 0.2) is 0 Å². The largest absolute Gasteiger partial charge is 0.306 e. The zero-order valence-corrected chi connectivity index (χ0v) is 61.4. The van der Waals surface area contributed by atoms with Crippen LogP contribution in [0.2, 0.25) is 0 Å². The first-order valence-electron chi connectivity index (χ1n) is 42.5. The Labute approximate surface area is 549 Å². The SMILES string of the molecule is CCCCCCCCCCCCCCCCCCCCCCCCCCCCCCCCCCCCCCCCCCN(C)CCCCCCCCCCCCCCCCCCCCCCCCCCCCCCCCCCCCCCCCCC. The van der Waals surface area contributed by atoms with Crippen LogP contribution < -0.4 is 0 Å². The minimum Gasteiger partial charge on any atom is -0.306 e. The van der Waals surface area contributed by atoms with Crippen molar-refractivity contribution >= 4 is 0 Å². The molecular weight excluding hydrogens is 1030 g/mol. The van der Waals surface area contributed by atoms with Gasteiger partial charge in [-0.2, -0.15) is 0 Å². The smallest absolute Gasteiger partial charge is 0.00218 e. The van der Waals surface area contributed by atoms with Crippen LogP contribution in [0.4, 0.5) is 0 Å². The van der Waals surface area contributed by atoms with Crippen LogP contribution in [0.25, 0.3) is 0 Å². The second-order valence-corrected chi connectivity index (χ2v) is 29.9. The molecule has 0 saturated heterocycles. The Hall–Kier alpha value is -0.0400. The first-order chi connectivity index (χ1) is 42.8. The molecule has 0 saturated carbocycles. The number of hydrogen-bond acceptors (Lipinski definition) is 1. The van der Waals surface area contributed by atoms with Crippen molar-refractivity contribution in [2.24, 2.45) is 0 Å². The molecule has 0 aliphatic heterocycles. The van der Waals surface area contributed by atoms with E-state index in [1.165, 1.54) is 527 Å². The van der Waals surface area contributed by atoms with Crippen LogP contribution in [0.15, 0.2) is 0 Å². The summed E-state index contributed by atoms with van der Waals surface area (Å²) in [7, 11) is 2.37. The van der Waals surface area contributed by atoms with E-state index in [1.807, 2.05) is 0 Å². The predicted molar refractivity (Wildman–Crippen MR) is 398 cm³/mol. The lowest BCUT2D eigenvalue weighted by atomic mass is 10.0. The van der Waals surface area contributed by atoms with Crippen molar-refractivity contribution < 1.29 is 0 Å². The lowest BCUT2D eigenvalue weighted by Gasteiger charge is -2.16. The van der Waals surface area contributed by atoms with Crippen LogP contribution in [0.5, 0.6) is 0 Å². The Balaban J connectivity index is 3.14. The highest BCUT2D eigenvalue weighted by atomic mass is 15.1. The molecule has 0 aromatic carbocycles. The summed E-state index contributed by atoms with van der Waals surface area (Å²) in [6.07, 6.45) is 119. The van der Waals surface area contributed by atoms with Crippen molar-refractivity contribution in [1.29, 1.82) is 0 Å². The van der Waals surface area contributed by atoms with E-state index in [0.29, 0.717) is 0 Å². The summed E-state index contributed by atoms with van der Waals surface area (Å²) in [5.41, 5.74) is 0. The van der Waals surface area contributed by atoms with Crippen molar-refractivity contribution in [2.75, 3.05) is 20.1 Å². The summed E-state index contributed by atoms with van der Waals surface area (Å²) >= 11 is 0. The Bertz CT molecular complexity index is 1010. The van der Waals surface area contributed by atoms with Crippen LogP contribution in [0, 0.1) is 0 Å². The molecular formula is C85H173N. The van der Waals surface area contributed by atoms with Gasteiger partial charge >= 0.3 is 0 Å². The van der Waals surface area contributed by atoms with Crippen molar-refractivity contribution in [3.05, 3.63) is 0 Å². The molecule has 0 unspecified atom stereocenters. The maximum atomic E-state index is 2.62. The van der Waals surface area contributed by atoms with Crippen molar-refractivity contribution in [1.82, 2.24) is 4.90 Å². The summed E-state index contributed by atoms with van der Waals surface area (Å²) in [5, 5.41) is 0. The molecule has 0 heterocycles. The zero-order valence-electron chi connectivity index (χ0n) is 61.4. The monoisotopic (exact) mass is 1210 g/mol. The average molecular weight is 1210 g/mol. The van der Waals surface area contributed by atoms with Gasteiger partial charge in [-0.15, -0.1) is 0 Å². The van der Waals surface area contributed by atoms with Gasteiger partial charge in [0.1, 0.15) is 0 Å². The molecule has 0 radical (unpaired) electrons. The fraction of sp³-hybridized carbons (Fsp3) is 1.00. The second-order valence-electron chi connectivity index (χ2n) is 29.9. The lowest BCUT2D eigenvalue weighted by molar-refractivity contribution is 0.314. The number of rotatable bonds is 82. The van der Waals surface area contributed by atoms with E-state index < -0.39 is 0 Å². The van der Waals surface area contributed by atoms with E-state index in [0.717, 1.165) is 0 Å². The molecule has 0 aliphatic carbocycles. The van der Waals surface area contributed by atoms with E-state index in [9.17, 15) is 0 Å². The van der Waals surface area contributed by atoms with Crippen LogP contribution in [-0.2, 0) is 0 Å². The molecule has 0 amide bonds. The third-order valence-corrected chi connectivity index (χ3v) is 20.8. The minimum atomic E-state index is 1.32. The maximum absolute atomic E-state index is 2.62. The Kier molecular flexibility index (Phi) is 82.9. The molecule has 86 heavy (non-hydrogen) atoms. The normalized spacial score (nSPS) is 11.9. The molecule has 0 atom stereocenters. The first kappa shape index (κ1) is 86.0.